The molecule has 2 aromatic rings. The number of hydrogen-bond donors (Lipinski definition) is 1. The highest BCUT2D eigenvalue weighted by atomic mass is 16.2. The van der Waals surface area contributed by atoms with Crippen LogP contribution in [0.3, 0.4) is 0 Å². The first-order chi connectivity index (χ1) is 11.2. The van der Waals surface area contributed by atoms with E-state index in [1.807, 2.05) is 34.0 Å². The third-order valence-corrected chi connectivity index (χ3v) is 4.33. The van der Waals surface area contributed by atoms with Crippen LogP contribution in [0.4, 0.5) is 0 Å². The molecule has 2 heterocycles. The number of carbonyl (C=O) groups excluding carboxylic acids is 1. The maximum absolute atomic E-state index is 12.1. The van der Waals surface area contributed by atoms with Crippen LogP contribution in [0.5, 0.6) is 0 Å². The summed E-state index contributed by atoms with van der Waals surface area (Å²) in [7, 11) is 0. The molecule has 5 nitrogen and oxygen atoms in total. The van der Waals surface area contributed by atoms with Gasteiger partial charge in [0.2, 0.25) is 5.91 Å². The largest absolute Gasteiger partial charge is 0.341 e. The van der Waals surface area contributed by atoms with Gasteiger partial charge < -0.3 is 10.2 Å². The lowest BCUT2D eigenvalue weighted by atomic mass is 10.1. The number of hydrogen-bond acceptors (Lipinski definition) is 3. The van der Waals surface area contributed by atoms with E-state index in [1.54, 1.807) is 0 Å². The summed E-state index contributed by atoms with van der Waals surface area (Å²) in [5.74, 6) is 0.252. The summed E-state index contributed by atoms with van der Waals surface area (Å²) >= 11 is 0. The molecule has 1 aromatic carbocycles. The van der Waals surface area contributed by atoms with Crippen molar-refractivity contribution >= 4 is 5.91 Å². The Morgan fingerprint density at radius 3 is 2.83 bits per heavy atom. The molecule has 1 N–H and O–H groups in total. The topological polar surface area (TPSA) is 50.2 Å². The Bertz CT molecular complexity index is 637. The molecule has 0 aliphatic carbocycles. The lowest BCUT2D eigenvalue weighted by Crippen LogP contribution is -2.33. The number of nitrogens with zero attached hydrogens (tertiary/aromatic N) is 3. The third-order valence-electron chi connectivity index (χ3n) is 4.33. The highest BCUT2D eigenvalue weighted by molar-refractivity contribution is 5.79. The Labute approximate surface area is 137 Å². The molecule has 0 bridgehead atoms. The summed E-state index contributed by atoms with van der Waals surface area (Å²) in [5.41, 5.74) is 2.45. The maximum Gasteiger partial charge on any atom is 0.224 e. The van der Waals surface area contributed by atoms with Crippen molar-refractivity contribution < 1.29 is 4.79 Å². The van der Waals surface area contributed by atoms with Crippen molar-refractivity contribution in [1.29, 1.82) is 0 Å². The van der Waals surface area contributed by atoms with Gasteiger partial charge in [-0.15, -0.1) is 0 Å². The van der Waals surface area contributed by atoms with Crippen molar-refractivity contribution in [1.82, 2.24) is 20.0 Å². The van der Waals surface area contributed by atoms with Crippen LogP contribution in [0, 0.1) is 0 Å². The van der Waals surface area contributed by atoms with Crippen molar-refractivity contribution in [3.63, 3.8) is 0 Å². The number of nitrogens with one attached hydrogen (secondary N) is 1. The van der Waals surface area contributed by atoms with Crippen molar-refractivity contribution in [2.24, 2.45) is 0 Å². The van der Waals surface area contributed by atoms with Crippen LogP contribution in [0.15, 0.2) is 42.7 Å². The number of aromatic nitrogens is 2. The van der Waals surface area contributed by atoms with Crippen molar-refractivity contribution in [2.45, 2.75) is 38.9 Å². The molecule has 3 rings (SSSR count). The molecule has 1 amide bonds. The first-order valence-electron chi connectivity index (χ1n) is 8.31. The predicted octanol–water partition coefficient (Wildman–Crippen LogP) is 1.84. The van der Waals surface area contributed by atoms with E-state index in [2.05, 4.69) is 35.7 Å². The zero-order valence-corrected chi connectivity index (χ0v) is 13.6. The van der Waals surface area contributed by atoms with E-state index in [1.165, 1.54) is 11.1 Å². The quantitative estimate of drug-likeness (QED) is 0.849. The number of aryl methyl sites for hydroxylation is 1. The fourth-order valence-electron chi connectivity index (χ4n) is 2.97. The number of amides is 1. The van der Waals surface area contributed by atoms with Gasteiger partial charge in [-0.05, 0) is 18.9 Å². The normalized spacial score (nSPS) is 17.9. The van der Waals surface area contributed by atoms with E-state index in [0.717, 1.165) is 32.6 Å². The Morgan fingerprint density at radius 1 is 1.26 bits per heavy atom. The smallest absolute Gasteiger partial charge is 0.224 e. The SMILES string of the molecule is CCn1cc(CN[C@@H]2CC(=O)N(CCc3ccccc3)C2)cn1. The molecule has 0 spiro atoms. The Kier molecular flexibility index (Phi) is 5.08. The standard InChI is InChI=1S/C18H24N4O/c1-2-22-13-16(12-20-22)11-19-17-10-18(23)21(14-17)9-8-15-6-4-3-5-7-15/h3-7,12-13,17,19H,2,8-11,14H2,1H3/t17-/m1/s1. The van der Waals surface area contributed by atoms with Gasteiger partial charge in [-0.3, -0.25) is 9.48 Å². The van der Waals surface area contributed by atoms with Crippen molar-refractivity contribution in [2.75, 3.05) is 13.1 Å². The van der Waals surface area contributed by atoms with E-state index < -0.39 is 0 Å². The molecule has 1 atom stereocenters. The van der Waals surface area contributed by atoms with Crippen LogP contribution in [-0.4, -0.2) is 39.7 Å². The van der Waals surface area contributed by atoms with Gasteiger partial charge >= 0.3 is 0 Å². The first kappa shape index (κ1) is 15.7. The third kappa shape index (κ3) is 4.20. The van der Waals surface area contributed by atoms with E-state index in [-0.39, 0.29) is 11.9 Å². The molecule has 1 aromatic heterocycles. The fourth-order valence-corrected chi connectivity index (χ4v) is 2.97. The summed E-state index contributed by atoms with van der Waals surface area (Å²) in [6.07, 6.45) is 5.46. The summed E-state index contributed by atoms with van der Waals surface area (Å²) in [6, 6.07) is 10.6. The Morgan fingerprint density at radius 2 is 2.09 bits per heavy atom. The molecule has 1 saturated heterocycles. The highest BCUT2D eigenvalue weighted by Gasteiger charge is 2.28. The average Bonchev–Trinajstić information content (AvgIpc) is 3.18. The molecule has 0 unspecified atom stereocenters. The fraction of sp³-hybridized carbons (Fsp3) is 0.444. The first-order valence-corrected chi connectivity index (χ1v) is 8.31. The minimum absolute atomic E-state index is 0.239. The van der Waals surface area contributed by atoms with E-state index in [4.69, 9.17) is 0 Å². The van der Waals surface area contributed by atoms with Gasteiger partial charge in [0.15, 0.2) is 0 Å². The summed E-state index contributed by atoms with van der Waals surface area (Å²) in [5, 5.41) is 7.75. The van der Waals surface area contributed by atoms with Gasteiger partial charge in [0, 0.05) is 50.4 Å². The van der Waals surface area contributed by atoms with Crippen molar-refractivity contribution in [3.05, 3.63) is 53.9 Å². The lowest BCUT2D eigenvalue weighted by Gasteiger charge is -2.17. The Hall–Kier alpha value is -2.14. The number of benzene rings is 1. The van der Waals surface area contributed by atoms with Crippen LogP contribution in [0.1, 0.15) is 24.5 Å². The predicted molar refractivity (Wildman–Crippen MR) is 89.9 cm³/mol. The van der Waals surface area contributed by atoms with Gasteiger partial charge in [0.25, 0.3) is 0 Å². The molecule has 122 valence electrons. The molecule has 5 heteroatoms. The maximum atomic E-state index is 12.1. The molecule has 0 saturated carbocycles. The van der Waals surface area contributed by atoms with E-state index >= 15 is 0 Å². The monoisotopic (exact) mass is 312 g/mol. The lowest BCUT2D eigenvalue weighted by molar-refractivity contribution is -0.127. The van der Waals surface area contributed by atoms with Gasteiger partial charge in [-0.25, -0.2) is 0 Å². The Balaban J connectivity index is 1.45. The van der Waals surface area contributed by atoms with Crippen LogP contribution < -0.4 is 5.32 Å². The molecular weight excluding hydrogens is 288 g/mol. The second-order valence-electron chi connectivity index (χ2n) is 6.06. The number of carbonyl (C=O) groups is 1. The zero-order chi connectivity index (χ0) is 16.1. The molecule has 1 aliphatic heterocycles. The molecule has 0 radical (unpaired) electrons. The zero-order valence-electron chi connectivity index (χ0n) is 13.6. The molecule has 1 fully saturated rings. The van der Waals surface area contributed by atoms with Crippen LogP contribution >= 0.6 is 0 Å². The van der Waals surface area contributed by atoms with Crippen LogP contribution in [-0.2, 0) is 24.3 Å². The van der Waals surface area contributed by atoms with Crippen LogP contribution in [0.2, 0.25) is 0 Å². The van der Waals surface area contributed by atoms with E-state index in [0.29, 0.717) is 6.42 Å². The summed E-state index contributed by atoms with van der Waals surface area (Å²) in [6.45, 7) is 5.33. The van der Waals surface area contributed by atoms with Gasteiger partial charge in [-0.2, -0.15) is 5.10 Å². The highest BCUT2D eigenvalue weighted by Crippen LogP contribution is 2.13. The summed E-state index contributed by atoms with van der Waals surface area (Å²) in [4.78, 5) is 14.1. The van der Waals surface area contributed by atoms with Crippen LogP contribution in [0.25, 0.3) is 0 Å². The number of likely N-dealkylation sites (tertiary alicyclic amines) is 1. The molecule has 23 heavy (non-hydrogen) atoms. The minimum atomic E-state index is 0.239. The van der Waals surface area contributed by atoms with Gasteiger partial charge in [0.05, 0.1) is 6.20 Å². The molecular formula is C18H24N4O. The average molecular weight is 312 g/mol. The summed E-state index contributed by atoms with van der Waals surface area (Å²) < 4.78 is 1.92. The van der Waals surface area contributed by atoms with E-state index in [9.17, 15) is 4.79 Å². The second kappa shape index (κ2) is 7.42. The van der Waals surface area contributed by atoms with Crippen molar-refractivity contribution in [3.8, 4) is 0 Å². The second-order valence-corrected chi connectivity index (χ2v) is 6.06. The molecule has 1 aliphatic rings. The minimum Gasteiger partial charge on any atom is -0.341 e. The van der Waals surface area contributed by atoms with Gasteiger partial charge in [-0.1, -0.05) is 30.3 Å². The van der Waals surface area contributed by atoms with Gasteiger partial charge in [0.1, 0.15) is 0 Å². The number of rotatable bonds is 7.